The molecule has 196 valence electrons. The van der Waals surface area contributed by atoms with Crippen molar-refractivity contribution in [1.82, 2.24) is 9.97 Å². The second-order valence-electron chi connectivity index (χ2n) is 8.45. The van der Waals surface area contributed by atoms with Crippen LogP contribution >= 0.6 is 30.5 Å². The average Bonchev–Trinajstić information content (AvgIpc) is 3.36. The van der Waals surface area contributed by atoms with Gasteiger partial charge in [-0.3, -0.25) is 4.57 Å². The zero-order chi connectivity index (χ0) is 26.9. The molecule has 3 aromatic heterocycles. The molecule has 11 heteroatoms. The lowest BCUT2D eigenvalue weighted by Gasteiger charge is -2.27. The van der Waals surface area contributed by atoms with Crippen molar-refractivity contribution in [2.45, 2.75) is 26.6 Å². The molecule has 38 heavy (non-hydrogen) atoms. The van der Waals surface area contributed by atoms with Crippen molar-refractivity contribution >= 4 is 57.5 Å². The van der Waals surface area contributed by atoms with Crippen molar-refractivity contribution in [2.24, 2.45) is 0 Å². The Morgan fingerprint density at radius 3 is 2.58 bits per heavy atom. The van der Waals surface area contributed by atoms with Crippen molar-refractivity contribution in [3.63, 3.8) is 0 Å². The molecule has 0 spiro atoms. The van der Waals surface area contributed by atoms with Crippen LogP contribution in [-0.2, 0) is 13.6 Å². The number of nitrogens with one attached hydrogen (secondary N) is 1. The van der Waals surface area contributed by atoms with Crippen LogP contribution in [0.4, 0.5) is 5.13 Å². The van der Waals surface area contributed by atoms with Crippen molar-refractivity contribution < 1.29 is 18.0 Å². The van der Waals surface area contributed by atoms with E-state index in [2.05, 4.69) is 15.3 Å². The van der Waals surface area contributed by atoms with E-state index in [0.717, 1.165) is 21.9 Å². The van der Waals surface area contributed by atoms with Crippen molar-refractivity contribution in [1.29, 1.82) is 0 Å². The third-order valence-corrected chi connectivity index (χ3v) is 9.47. The monoisotopic (exact) mass is 569 g/mol. The fraction of sp³-hybridized carbons (Fsp3) is 0.222. The van der Waals surface area contributed by atoms with Gasteiger partial charge in [-0.25, -0.2) is 14.8 Å². The van der Waals surface area contributed by atoms with E-state index in [-0.39, 0.29) is 18.4 Å². The first-order valence-corrected chi connectivity index (χ1v) is 14.8. The van der Waals surface area contributed by atoms with E-state index in [1.165, 1.54) is 11.3 Å². The number of rotatable bonds is 9. The standard InChI is InChI=1S/C27H25ClN3O5PS/c1-4-34-37(33,35-5-2)25(20-14-18-11-8-9-16(3)23(18)30-24(20)28)31-27-29-15-22(38-27)19-13-17-10-6-7-12-21(17)36-26(19)32/h6-15,25H,4-5H2,1-3H3,(H,29,31). The normalized spacial score (nSPS) is 12.7. The number of fused-ring (bicyclic) bond motifs is 2. The van der Waals surface area contributed by atoms with Crippen molar-refractivity contribution in [2.75, 3.05) is 18.5 Å². The van der Waals surface area contributed by atoms with E-state index in [9.17, 15) is 9.36 Å². The molecule has 0 radical (unpaired) electrons. The number of aromatic nitrogens is 2. The molecular weight excluding hydrogens is 545 g/mol. The smallest absolute Gasteiger partial charge is 0.357 e. The third kappa shape index (κ3) is 5.13. The molecule has 5 rings (SSSR count). The van der Waals surface area contributed by atoms with Crippen LogP contribution in [0.5, 0.6) is 0 Å². The lowest BCUT2D eigenvalue weighted by atomic mass is 10.1. The summed E-state index contributed by atoms with van der Waals surface area (Å²) in [5.74, 6) is -1.00. The van der Waals surface area contributed by atoms with Gasteiger partial charge in [-0.1, -0.05) is 59.3 Å². The fourth-order valence-electron chi connectivity index (χ4n) is 4.22. The van der Waals surface area contributed by atoms with Crippen molar-refractivity contribution in [3.05, 3.63) is 87.5 Å². The maximum atomic E-state index is 14.1. The van der Waals surface area contributed by atoms with Crippen LogP contribution in [-0.4, -0.2) is 23.2 Å². The second kappa shape index (κ2) is 11.0. The molecule has 5 aromatic rings. The summed E-state index contributed by atoms with van der Waals surface area (Å²) in [5, 5.41) is 5.42. The molecule has 0 aliphatic heterocycles. The van der Waals surface area contributed by atoms with Crippen LogP contribution in [0.1, 0.15) is 30.8 Å². The van der Waals surface area contributed by atoms with E-state index in [1.54, 1.807) is 32.2 Å². The van der Waals surface area contributed by atoms with Crippen LogP contribution in [0, 0.1) is 6.92 Å². The first-order valence-electron chi connectivity index (χ1n) is 12.0. The van der Waals surface area contributed by atoms with Crippen molar-refractivity contribution in [3.8, 4) is 10.4 Å². The third-order valence-electron chi connectivity index (χ3n) is 5.93. The summed E-state index contributed by atoms with van der Waals surface area (Å²) in [7, 11) is -3.79. The lowest BCUT2D eigenvalue weighted by molar-refractivity contribution is 0.214. The Morgan fingerprint density at radius 2 is 1.82 bits per heavy atom. The number of halogens is 1. The summed E-state index contributed by atoms with van der Waals surface area (Å²) in [6, 6.07) is 16.7. The number of pyridine rings is 1. The highest BCUT2D eigenvalue weighted by Gasteiger charge is 2.39. The summed E-state index contributed by atoms with van der Waals surface area (Å²) in [6.07, 6.45) is 1.57. The number of benzene rings is 2. The molecule has 0 fully saturated rings. The molecule has 0 amide bonds. The maximum absolute atomic E-state index is 14.1. The van der Waals surface area contributed by atoms with Gasteiger partial charge in [0.25, 0.3) is 0 Å². The number of nitrogens with zero attached hydrogens (tertiary/aromatic N) is 2. The molecule has 8 nitrogen and oxygen atoms in total. The summed E-state index contributed by atoms with van der Waals surface area (Å²) >= 11 is 7.88. The molecule has 0 aliphatic carbocycles. The zero-order valence-electron chi connectivity index (χ0n) is 20.9. The van der Waals surface area contributed by atoms with Crippen LogP contribution in [0.25, 0.3) is 32.3 Å². The Kier molecular flexibility index (Phi) is 7.66. The predicted molar refractivity (Wildman–Crippen MR) is 152 cm³/mol. The van der Waals surface area contributed by atoms with Gasteiger partial charge in [0.1, 0.15) is 10.7 Å². The largest absolute Gasteiger partial charge is 0.422 e. The number of anilines is 1. The molecule has 0 bridgehead atoms. The minimum atomic E-state index is -3.79. The van der Waals surface area contributed by atoms with Gasteiger partial charge in [-0.15, -0.1) is 0 Å². The Hall–Kier alpha value is -3.07. The van der Waals surface area contributed by atoms with Gasteiger partial charge in [0.15, 0.2) is 10.9 Å². The summed E-state index contributed by atoms with van der Waals surface area (Å²) in [6.45, 7) is 5.76. The number of aryl methyl sites for hydroxylation is 1. The summed E-state index contributed by atoms with van der Waals surface area (Å²) in [4.78, 5) is 22.3. The minimum absolute atomic E-state index is 0.161. The molecule has 1 N–H and O–H groups in total. The highest BCUT2D eigenvalue weighted by molar-refractivity contribution is 7.54. The van der Waals surface area contributed by atoms with Gasteiger partial charge in [0.2, 0.25) is 0 Å². The van der Waals surface area contributed by atoms with Crippen LogP contribution in [0.3, 0.4) is 0 Å². The molecule has 0 saturated heterocycles. The van der Waals surface area contributed by atoms with Gasteiger partial charge < -0.3 is 18.8 Å². The van der Waals surface area contributed by atoms with E-state index >= 15 is 0 Å². The second-order valence-corrected chi connectivity index (χ2v) is 12.0. The molecule has 3 heterocycles. The molecule has 0 aliphatic rings. The van der Waals surface area contributed by atoms with Crippen LogP contribution in [0.15, 0.2) is 70.0 Å². The molecule has 2 aromatic carbocycles. The SMILES string of the molecule is CCOP(=O)(OCC)C(Nc1ncc(-c2cc3ccccc3oc2=O)s1)c1cc2cccc(C)c2nc1Cl. The molecule has 1 atom stereocenters. The first kappa shape index (κ1) is 26.5. The Morgan fingerprint density at radius 1 is 1.08 bits per heavy atom. The average molecular weight is 570 g/mol. The van der Waals surface area contributed by atoms with Gasteiger partial charge in [0, 0.05) is 22.5 Å². The minimum Gasteiger partial charge on any atom is -0.422 e. The van der Waals surface area contributed by atoms with E-state index in [4.69, 9.17) is 25.1 Å². The predicted octanol–water partition coefficient (Wildman–Crippen LogP) is 7.80. The van der Waals surface area contributed by atoms with Gasteiger partial charge in [0.05, 0.1) is 29.2 Å². The van der Waals surface area contributed by atoms with Gasteiger partial charge in [-0.05, 0) is 44.5 Å². The van der Waals surface area contributed by atoms with E-state index in [1.807, 2.05) is 49.4 Å². The number of thiazole rings is 1. The Bertz CT molecular complexity index is 1730. The summed E-state index contributed by atoms with van der Waals surface area (Å²) in [5.41, 5.74) is 2.59. The van der Waals surface area contributed by atoms with E-state index in [0.29, 0.717) is 26.7 Å². The highest BCUT2D eigenvalue weighted by atomic mass is 35.5. The summed E-state index contributed by atoms with van der Waals surface area (Å²) < 4.78 is 31.0. The number of hydrogen-bond donors (Lipinski definition) is 1. The molecular formula is C27H25ClN3O5PS. The fourth-order valence-corrected chi connectivity index (χ4v) is 7.39. The molecule has 1 unspecified atom stereocenters. The topological polar surface area (TPSA) is 104 Å². The van der Waals surface area contributed by atoms with Crippen LogP contribution < -0.4 is 10.9 Å². The molecule has 0 saturated carbocycles. The number of hydrogen-bond acceptors (Lipinski definition) is 9. The maximum Gasteiger partial charge on any atom is 0.357 e. The zero-order valence-corrected chi connectivity index (χ0v) is 23.4. The lowest BCUT2D eigenvalue weighted by Crippen LogP contribution is -2.16. The van der Waals surface area contributed by atoms with Gasteiger partial charge >= 0.3 is 13.2 Å². The van der Waals surface area contributed by atoms with E-state index < -0.39 is 19.0 Å². The quantitative estimate of drug-likeness (QED) is 0.109. The first-order chi connectivity index (χ1) is 18.3. The van der Waals surface area contributed by atoms with Gasteiger partial charge in [-0.2, -0.15) is 0 Å². The highest BCUT2D eigenvalue weighted by Crippen LogP contribution is 2.62. The van der Waals surface area contributed by atoms with Crippen LogP contribution in [0.2, 0.25) is 5.15 Å². The Balaban J connectivity index is 1.59. The number of para-hydroxylation sites is 2. The Labute approximate surface area is 228 Å².